The van der Waals surface area contributed by atoms with Crippen molar-refractivity contribution in [3.8, 4) is 17.2 Å². The monoisotopic (exact) mass is 535 g/mol. The van der Waals surface area contributed by atoms with E-state index in [1.807, 2.05) is 60.7 Å². The highest BCUT2D eigenvalue weighted by Crippen LogP contribution is 2.48. The number of rotatable bonds is 10. The van der Waals surface area contributed by atoms with Crippen LogP contribution in [0.5, 0.6) is 17.2 Å². The largest absolute Gasteiger partial charge is 0.497 e. The summed E-state index contributed by atoms with van der Waals surface area (Å²) in [6.07, 6.45) is 0. The molecule has 4 aromatic carbocycles. The molecule has 0 saturated heterocycles. The summed E-state index contributed by atoms with van der Waals surface area (Å²) in [5.41, 5.74) is -0.315. The van der Waals surface area contributed by atoms with Crippen molar-refractivity contribution >= 4 is 5.69 Å². The molecule has 39 heavy (non-hydrogen) atoms. The van der Waals surface area contributed by atoms with E-state index in [-0.39, 0.29) is 0 Å². The zero-order chi connectivity index (χ0) is 28.2. The fourth-order valence-electron chi connectivity index (χ4n) is 4.48. The number of methoxy groups -OCH3 is 2. The molecule has 7 nitrogen and oxygen atoms in total. The molecule has 0 fully saturated rings. The Morgan fingerprint density at radius 3 is 1.90 bits per heavy atom. The molecule has 0 aliphatic carbocycles. The van der Waals surface area contributed by atoms with Crippen molar-refractivity contribution in [2.45, 2.75) is 25.2 Å². The molecular weight excluding hydrogens is 508 g/mol. The van der Waals surface area contributed by atoms with E-state index in [1.165, 1.54) is 28.1 Å². The molecule has 0 aromatic heterocycles. The third-order valence-electron chi connectivity index (χ3n) is 6.12. The van der Waals surface area contributed by atoms with Gasteiger partial charge in [-0.15, -0.1) is 0 Å². The van der Waals surface area contributed by atoms with Gasteiger partial charge in [0.15, 0.2) is 11.4 Å². The van der Waals surface area contributed by atoms with Crippen molar-refractivity contribution in [3.05, 3.63) is 129 Å². The summed E-state index contributed by atoms with van der Waals surface area (Å²) in [6, 6.07) is 25.1. The van der Waals surface area contributed by atoms with E-state index < -0.39 is 39.4 Å². The minimum atomic E-state index is -1.75. The predicted octanol–water partition coefficient (Wildman–Crippen LogP) is 7.01. The van der Waals surface area contributed by atoms with E-state index in [1.54, 1.807) is 18.2 Å². The highest BCUT2D eigenvalue weighted by atomic mass is 19.2. The Labute approximate surface area is 224 Å². The van der Waals surface area contributed by atoms with Crippen LogP contribution in [0.3, 0.4) is 0 Å². The maximum atomic E-state index is 14.9. The Balaban J connectivity index is 1.98. The average Bonchev–Trinajstić information content (AvgIpc) is 2.94. The minimum absolute atomic E-state index is 0.417. The van der Waals surface area contributed by atoms with Crippen molar-refractivity contribution < 1.29 is 32.7 Å². The second-order valence-corrected chi connectivity index (χ2v) is 9.05. The van der Waals surface area contributed by atoms with E-state index in [0.717, 1.165) is 6.07 Å². The lowest BCUT2D eigenvalue weighted by Gasteiger charge is -2.42. The lowest BCUT2D eigenvalue weighted by atomic mass is 9.79. The number of hydrogen-bond donors (Lipinski definition) is 0. The third-order valence-corrected chi connectivity index (χ3v) is 6.12. The zero-order valence-corrected chi connectivity index (χ0v) is 21.8. The molecule has 0 heterocycles. The summed E-state index contributed by atoms with van der Waals surface area (Å²) in [5, 5.41) is 11.6. The molecular formula is C30H27F2NO6. The van der Waals surface area contributed by atoms with Crippen LogP contribution in [0.15, 0.2) is 91.0 Å². The Morgan fingerprint density at radius 2 is 1.38 bits per heavy atom. The maximum Gasteiger partial charge on any atom is 0.314 e. The second kappa shape index (κ2) is 11.1. The Hall–Kier alpha value is -4.50. The highest BCUT2D eigenvalue weighted by molar-refractivity contribution is 5.55. The van der Waals surface area contributed by atoms with Gasteiger partial charge in [0, 0.05) is 31.5 Å². The molecule has 0 radical (unpaired) electrons. The average molecular weight is 536 g/mol. The molecule has 0 bridgehead atoms. The molecule has 4 aromatic rings. The van der Waals surface area contributed by atoms with Crippen LogP contribution in [0.1, 0.15) is 30.5 Å². The van der Waals surface area contributed by atoms with Crippen LogP contribution in [0.4, 0.5) is 14.5 Å². The number of nitro groups is 1. The van der Waals surface area contributed by atoms with Crippen molar-refractivity contribution in [3.63, 3.8) is 0 Å². The standard InChI is InChI=1S/C30H27F2NO6/c1-29(2,38-28-25(33(34)35)18-17-24(31)27(28)32)39-30(20-11-7-5-8-12-20,21-13-9-6-10-14-21)23-16-15-22(36-3)19-26(23)37-4/h5-19H,1-4H3. The van der Waals surface area contributed by atoms with Gasteiger partial charge >= 0.3 is 5.69 Å². The summed E-state index contributed by atoms with van der Waals surface area (Å²) in [7, 11) is 3.04. The molecule has 9 heteroatoms. The molecule has 0 atom stereocenters. The lowest BCUT2D eigenvalue weighted by molar-refractivity contribution is -0.387. The van der Waals surface area contributed by atoms with Gasteiger partial charge in [-0.25, -0.2) is 4.39 Å². The number of nitrogens with zero attached hydrogens (tertiary/aromatic N) is 1. The molecule has 0 aliphatic heterocycles. The zero-order valence-electron chi connectivity index (χ0n) is 21.8. The van der Waals surface area contributed by atoms with E-state index in [9.17, 15) is 18.9 Å². The summed E-state index contributed by atoms with van der Waals surface area (Å²) < 4.78 is 52.7. The van der Waals surface area contributed by atoms with E-state index in [0.29, 0.717) is 34.3 Å². The van der Waals surface area contributed by atoms with Gasteiger partial charge in [-0.3, -0.25) is 10.1 Å². The van der Waals surface area contributed by atoms with Crippen LogP contribution in [-0.2, 0) is 10.3 Å². The van der Waals surface area contributed by atoms with Crippen molar-refractivity contribution in [1.29, 1.82) is 0 Å². The van der Waals surface area contributed by atoms with E-state index >= 15 is 0 Å². The normalized spacial score (nSPS) is 11.6. The van der Waals surface area contributed by atoms with E-state index in [2.05, 4.69) is 0 Å². The first kappa shape index (κ1) is 27.5. The van der Waals surface area contributed by atoms with Gasteiger partial charge in [0.05, 0.1) is 19.1 Å². The van der Waals surface area contributed by atoms with Gasteiger partial charge in [0.2, 0.25) is 17.4 Å². The van der Waals surface area contributed by atoms with Crippen LogP contribution in [0.2, 0.25) is 0 Å². The maximum absolute atomic E-state index is 14.9. The van der Waals surface area contributed by atoms with Gasteiger partial charge in [-0.2, -0.15) is 4.39 Å². The molecule has 0 unspecified atom stereocenters. The van der Waals surface area contributed by atoms with Crippen molar-refractivity contribution in [2.24, 2.45) is 0 Å². The van der Waals surface area contributed by atoms with E-state index in [4.69, 9.17) is 18.9 Å². The minimum Gasteiger partial charge on any atom is -0.497 e. The second-order valence-electron chi connectivity index (χ2n) is 9.05. The van der Waals surface area contributed by atoms with Gasteiger partial charge in [-0.1, -0.05) is 60.7 Å². The highest BCUT2D eigenvalue weighted by Gasteiger charge is 2.46. The molecule has 0 amide bonds. The SMILES string of the molecule is COc1ccc(C(OC(C)(C)Oc2c([N+](=O)[O-])ccc(F)c2F)(c2ccccc2)c2ccccc2)c(OC)c1. The van der Waals surface area contributed by atoms with Gasteiger partial charge in [0.1, 0.15) is 11.5 Å². The first-order valence-corrected chi connectivity index (χ1v) is 12.0. The Bertz CT molecular complexity index is 1420. The first-order chi connectivity index (χ1) is 18.6. The fraction of sp³-hybridized carbons (Fsp3) is 0.200. The number of benzene rings is 4. The number of nitro benzene ring substituents is 1. The molecule has 0 saturated carbocycles. The summed E-state index contributed by atoms with van der Waals surface area (Å²) >= 11 is 0. The smallest absolute Gasteiger partial charge is 0.314 e. The van der Waals surface area contributed by atoms with Gasteiger partial charge < -0.3 is 18.9 Å². The Morgan fingerprint density at radius 1 is 0.795 bits per heavy atom. The summed E-state index contributed by atoms with van der Waals surface area (Å²) in [6.45, 7) is 2.94. The molecule has 4 rings (SSSR count). The van der Waals surface area contributed by atoms with Crippen LogP contribution in [0, 0.1) is 21.7 Å². The van der Waals surface area contributed by atoms with Crippen molar-refractivity contribution in [2.75, 3.05) is 14.2 Å². The van der Waals surface area contributed by atoms with Crippen molar-refractivity contribution in [1.82, 2.24) is 0 Å². The number of ether oxygens (including phenoxy) is 4. The number of hydrogen-bond acceptors (Lipinski definition) is 6. The third kappa shape index (κ3) is 5.39. The molecule has 0 spiro atoms. The Kier molecular flexibility index (Phi) is 7.83. The van der Waals surface area contributed by atoms with Crippen LogP contribution < -0.4 is 14.2 Å². The van der Waals surface area contributed by atoms with Crippen LogP contribution in [0.25, 0.3) is 0 Å². The molecule has 0 aliphatic rings. The summed E-state index contributed by atoms with van der Waals surface area (Å²) in [4.78, 5) is 10.8. The van der Waals surface area contributed by atoms with Gasteiger partial charge in [-0.05, 0) is 29.3 Å². The first-order valence-electron chi connectivity index (χ1n) is 12.0. The van der Waals surface area contributed by atoms with Crippen LogP contribution in [-0.4, -0.2) is 24.9 Å². The quantitative estimate of drug-likeness (QED) is 0.0940. The lowest BCUT2D eigenvalue weighted by Crippen LogP contribution is -2.45. The molecule has 202 valence electrons. The topological polar surface area (TPSA) is 80.1 Å². The predicted molar refractivity (Wildman–Crippen MR) is 141 cm³/mol. The fourth-order valence-corrected chi connectivity index (χ4v) is 4.48. The van der Waals surface area contributed by atoms with Crippen LogP contribution >= 0.6 is 0 Å². The molecule has 0 N–H and O–H groups in total. The van der Waals surface area contributed by atoms with Gasteiger partial charge in [0.25, 0.3) is 0 Å². The number of halogens is 2. The summed E-state index contributed by atoms with van der Waals surface area (Å²) in [5.74, 6) is -4.45.